The predicted octanol–water partition coefficient (Wildman–Crippen LogP) is 3.88. The van der Waals surface area contributed by atoms with E-state index in [-0.39, 0.29) is 0 Å². The van der Waals surface area contributed by atoms with Crippen LogP contribution in [0.15, 0.2) is 12.2 Å². The summed E-state index contributed by atoms with van der Waals surface area (Å²) in [6.07, 6.45) is 7.84. The van der Waals surface area contributed by atoms with Crippen molar-refractivity contribution in [2.24, 2.45) is 29.1 Å². The second-order valence-electron chi connectivity index (χ2n) is 5.61. The molecule has 1 fully saturated rings. The first-order valence-electron chi connectivity index (χ1n) is 5.75. The first-order valence-corrected chi connectivity index (χ1v) is 5.75. The molecule has 74 valence electrons. The van der Waals surface area contributed by atoms with Gasteiger partial charge < -0.3 is 0 Å². The summed E-state index contributed by atoms with van der Waals surface area (Å²) in [5.41, 5.74) is 0.624. The summed E-state index contributed by atoms with van der Waals surface area (Å²) in [6.45, 7) is 9.64. The van der Waals surface area contributed by atoms with Crippen LogP contribution >= 0.6 is 0 Å². The fourth-order valence-electron chi connectivity index (χ4n) is 3.92. The van der Waals surface area contributed by atoms with Crippen LogP contribution in [0.5, 0.6) is 0 Å². The van der Waals surface area contributed by atoms with E-state index in [1.807, 2.05) is 0 Å². The molecule has 2 aliphatic carbocycles. The molecule has 0 heteroatoms. The summed E-state index contributed by atoms with van der Waals surface area (Å²) in [5, 5.41) is 0. The topological polar surface area (TPSA) is 0 Å². The van der Waals surface area contributed by atoms with Crippen LogP contribution in [0.2, 0.25) is 0 Å². The third-order valence-corrected chi connectivity index (χ3v) is 4.63. The molecule has 0 amide bonds. The lowest BCUT2D eigenvalue weighted by Crippen LogP contribution is -2.36. The van der Waals surface area contributed by atoms with Crippen molar-refractivity contribution in [3.8, 4) is 0 Å². The molecule has 1 saturated carbocycles. The molecule has 2 atom stereocenters. The second-order valence-corrected chi connectivity index (χ2v) is 5.61. The summed E-state index contributed by atoms with van der Waals surface area (Å²) in [7, 11) is 0. The lowest BCUT2D eigenvalue weighted by atomic mass is 9.61. The van der Waals surface area contributed by atoms with Crippen molar-refractivity contribution in [3.05, 3.63) is 12.2 Å². The summed E-state index contributed by atoms with van der Waals surface area (Å²) in [4.78, 5) is 0. The standard InChI is InChI=1S/C13H22/c1-9(2)13(10(3)4)8-11-5-6-12(13)7-11/h5-6,9-12H,7-8H2,1-4H3. The molecule has 2 aliphatic rings. The van der Waals surface area contributed by atoms with Gasteiger partial charge in [0.2, 0.25) is 0 Å². The summed E-state index contributed by atoms with van der Waals surface area (Å²) in [6, 6.07) is 0. The highest BCUT2D eigenvalue weighted by Gasteiger charge is 2.51. The van der Waals surface area contributed by atoms with E-state index in [9.17, 15) is 0 Å². The summed E-state index contributed by atoms with van der Waals surface area (Å²) < 4.78 is 0. The molecule has 0 aromatic heterocycles. The van der Waals surface area contributed by atoms with E-state index < -0.39 is 0 Å². The Balaban J connectivity index is 2.31. The lowest BCUT2D eigenvalue weighted by Gasteiger charge is -2.43. The van der Waals surface area contributed by atoms with Crippen molar-refractivity contribution in [1.82, 2.24) is 0 Å². The molecule has 0 aromatic carbocycles. The van der Waals surface area contributed by atoms with E-state index >= 15 is 0 Å². The number of rotatable bonds is 2. The largest absolute Gasteiger partial charge is 0.0851 e. The highest BCUT2D eigenvalue weighted by Crippen LogP contribution is 2.59. The molecule has 0 aliphatic heterocycles. The molecular weight excluding hydrogens is 156 g/mol. The molecule has 2 unspecified atom stereocenters. The van der Waals surface area contributed by atoms with Crippen LogP contribution in [0.25, 0.3) is 0 Å². The molecule has 0 radical (unpaired) electrons. The normalized spacial score (nSPS) is 35.2. The van der Waals surface area contributed by atoms with E-state index in [1.165, 1.54) is 12.8 Å². The molecule has 2 rings (SSSR count). The number of fused-ring (bicyclic) bond motifs is 2. The first-order chi connectivity index (χ1) is 6.07. The molecule has 2 bridgehead atoms. The van der Waals surface area contributed by atoms with Gasteiger partial charge in [-0.15, -0.1) is 0 Å². The fourth-order valence-corrected chi connectivity index (χ4v) is 3.92. The van der Waals surface area contributed by atoms with Gasteiger partial charge in [0.25, 0.3) is 0 Å². The summed E-state index contributed by atoms with van der Waals surface area (Å²) >= 11 is 0. The van der Waals surface area contributed by atoms with Gasteiger partial charge in [-0.05, 0) is 41.9 Å². The van der Waals surface area contributed by atoms with Gasteiger partial charge in [-0.2, -0.15) is 0 Å². The Bertz CT molecular complexity index is 214. The average molecular weight is 178 g/mol. The van der Waals surface area contributed by atoms with Gasteiger partial charge in [0, 0.05) is 0 Å². The third kappa shape index (κ3) is 1.11. The van der Waals surface area contributed by atoms with Crippen LogP contribution < -0.4 is 0 Å². The van der Waals surface area contributed by atoms with Crippen LogP contribution in [0.4, 0.5) is 0 Å². The SMILES string of the molecule is CC(C)C1(C(C)C)CC2C=CC1C2. The van der Waals surface area contributed by atoms with Gasteiger partial charge in [-0.3, -0.25) is 0 Å². The van der Waals surface area contributed by atoms with E-state index in [1.54, 1.807) is 0 Å². The molecule has 0 spiro atoms. The van der Waals surface area contributed by atoms with Crippen LogP contribution in [0.1, 0.15) is 40.5 Å². The van der Waals surface area contributed by atoms with E-state index in [0.29, 0.717) is 5.41 Å². The Hall–Kier alpha value is -0.260. The van der Waals surface area contributed by atoms with Crippen molar-refractivity contribution in [2.45, 2.75) is 40.5 Å². The Morgan fingerprint density at radius 3 is 1.92 bits per heavy atom. The fraction of sp³-hybridized carbons (Fsp3) is 0.846. The highest BCUT2D eigenvalue weighted by molar-refractivity contribution is 5.17. The van der Waals surface area contributed by atoms with Crippen molar-refractivity contribution in [2.75, 3.05) is 0 Å². The molecule has 0 nitrogen and oxygen atoms in total. The lowest BCUT2D eigenvalue weighted by molar-refractivity contribution is 0.0762. The Morgan fingerprint density at radius 2 is 1.69 bits per heavy atom. The van der Waals surface area contributed by atoms with Gasteiger partial charge in [0.1, 0.15) is 0 Å². The number of hydrogen-bond acceptors (Lipinski definition) is 0. The number of hydrogen-bond donors (Lipinski definition) is 0. The second kappa shape index (κ2) is 2.87. The van der Waals surface area contributed by atoms with Crippen molar-refractivity contribution in [3.63, 3.8) is 0 Å². The Morgan fingerprint density at radius 1 is 1.08 bits per heavy atom. The minimum absolute atomic E-state index is 0.624. The van der Waals surface area contributed by atoms with Gasteiger partial charge in [0.05, 0.1) is 0 Å². The van der Waals surface area contributed by atoms with Crippen molar-refractivity contribution < 1.29 is 0 Å². The smallest absolute Gasteiger partial charge is 0.0166 e. The van der Waals surface area contributed by atoms with E-state index in [0.717, 1.165) is 23.7 Å². The quantitative estimate of drug-likeness (QED) is 0.563. The molecule has 0 N–H and O–H groups in total. The third-order valence-electron chi connectivity index (χ3n) is 4.63. The van der Waals surface area contributed by atoms with Crippen LogP contribution in [-0.4, -0.2) is 0 Å². The van der Waals surface area contributed by atoms with Gasteiger partial charge >= 0.3 is 0 Å². The van der Waals surface area contributed by atoms with Crippen molar-refractivity contribution in [1.29, 1.82) is 0 Å². The maximum Gasteiger partial charge on any atom is -0.0166 e. The van der Waals surface area contributed by atoms with Gasteiger partial charge in [0.15, 0.2) is 0 Å². The zero-order chi connectivity index (χ0) is 9.64. The highest BCUT2D eigenvalue weighted by atomic mass is 14.6. The molecule has 13 heavy (non-hydrogen) atoms. The van der Waals surface area contributed by atoms with Gasteiger partial charge in [-0.25, -0.2) is 0 Å². The Labute approximate surface area is 82.4 Å². The number of allylic oxidation sites excluding steroid dienone is 2. The maximum absolute atomic E-state index is 2.49. The minimum Gasteiger partial charge on any atom is -0.0851 e. The monoisotopic (exact) mass is 178 g/mol. The molecular formula is C13H22. The Kier molecular flexibility index (Phi) is 2.05. The van der Waals surface area contributed by atoms with Gasteiger partial charge in [-0.1, -0.05) is 39.8 Å². The molecule has 0 saturated heterocycles. The predicted molar refractivity (Wildman–Crippen MR) is 57.5 cm³/mol. The summed E-state index contributed by atoms with van der Waals surface area (Å²) in [5.74, 6) is 3.48. The van der Waals surface area contributed by atoms with Crippen molar-refractivity contribution >= 4 is 0 Å². The van der Waals surface area contributed by atoms with Crippen LogP contribution in [0, 0.1) is 29.1 Å². The zero-order valence-electron chi connectivity index (χ0n) is 9.38. The minimum atomic E-state index is 0.624. The first kappa shape index (κ1) is 9.30. The molecule has 0 heterocycles. The maximum atomic E-state index is 2.49. The van der Waals surface area contributed by atoms with Crippen LogP contribution in [-0.2, 0) is 0 Å². The average Bonchev–Trinajstić information content (AvgIpc) is 2.61. The van der Waals surface area contributed by atoms with Crippen LogP contribution in [0.3, 0.4) is 0 Å². The van der Waals surface area contributed by atoms with E-state index in [4.69, 9.17) is 0 Å². The van der Waals surface area contributed by atoms with E-state index in [2.05, 4.69) is 39.8 Å². The zero-order valence-corrected chi connectivity index (χ0v) is 9.38. The molecule has 0 aromatic rings.